The summed E-state index contributed by atoms with van der Waals surface area (Å²) in [4.78, 5) is 8.69. The highest BCUT2D eigenvalue weighted by Gasteiger charge is 2.08. The van der Waals surface area contributed by atoms with Gasteiger partial charge in [0.25, 0.3) is 5.22 Å². The molecule has 0 aliphatic heterocycles. The first-order valence-corrected chi connectivity index (χ1v) is 6.96. The number of para-hydroxylation sites is 2. The van der Waals surface area contributed by atoms with Gasteiger partial charge in [0.15, 0.2) is 5.58 Å². The summed E-state index contributed by atoms with van der Waals surface area (Å²) in [6.45, 7) is 0.449. The average molecular weight is 271 g/mol. The van der Waals surface area contributed by atoms with Gasteiger partial charge < -0.3 is 10.2 Å². The molecule has 0 aliphatic carbocycles. The monoisotopic (exact) mass is 271 g/mol. The molecule has 3 rings (SSSR count). The van der Waals surface area contributed by atoms with Crippen LogP contribution in [0.15, 0.2) is 52.2 Å². The summed E-state index contributed by atoms with van der Waals surface area (Å²) in [5.74, 6) is 0.757. The van der Waals surface area contributed by atoms with E-state index in [1.54, 1.807) is 18.0 Å². The molecule has 19 heavy (non-hydrogen) atoms. The second-order valence-corrected chi connectivity index (χ2v) is 4.98. The van der Waals surface area contributed by atoms with E-state index in [9.17, 15) is 0 Å². The SMILES string of the molecule is NCc1ncccc1CSc1nc2ccccc2o1. The smallest absolute Gasteiger partial charge is 0.257 e. The summed E-state index contributed by atoms with van der Waals surface area (Å²) < 4.78 is 5.66. The minimum Gasteiger partial charge on any atom is -0.431 e. The minimum atomic E-state index is 0.449. The molecule has 0 saturated heterocycles. The number of fused-ring (bicyclic) bond motifs is 1. The maximum absolute atomic E-state index is 5.67. The molecule has 5 heteroatoms. The van der Waals surface area contributed by atoms with Crippen molar-refractivity contribution in [2.45, 2.75) is 17.5 Å². The summed E-state index contributed by atoms with van der Waals surface area (Å²) in [6, 6.07) is 11.7. The first-order chi connectivity index (χ1) is 9.36. The third-order valence-electron chi connectivity index (χ3n) is 2.80. The molecule has 0 amide bonds. The predicted octanol–water partition coefficient (Wildman–Crippen LogP) is 2.97. The quantitative estimate of drug-likeness (QED) is 0.739. The van der Waals surface area contributed by atoms with Crippen LogP contribution in [0.5, 0.6) is 0 Å². The van der Waals surface area contributed by atoms with Gasteiger partial charge in [0.05, 0.1) is 5.69 Å². The van der Waals surface area contributed by atoms with Crippen molar-refractivity contribution in [3.05, 3.63) is 53.9 Å². The normalized spacial score (nSPS) is 11.0. The van der Waals surface area contributed by atoms with E-state index in [4.69, 9.17) is 10.2 Å². The molecular weight excluding hydrogens is 258 g/mol. The van der Waals surface area contributed by atoms with Crippen molar-refractivity contribution < 1.29 is 4.42 Å². The molecule has 0 unspecified atom stereocenters. The molecule has 0 spiro atoms. The zero-order valence-corrected chi connectivity index (χ0v) is 11.1. The molecule has 0 fully saturated rings. The fourth-order valence-electron chi connectivity index (χ4n) is 1.84. The number of hydrogen-bond donors (Lipinski definition) is 1. The zero-order valence-electron chi connectivity index (χ0n) is 10.2. The van der Waals surface area contributed by atoms with Crippen LogP contribution < -0.4 is 5.73 Å². The van der Waals surface area contributed by atoms with Crippen molar-refractivity contribution in [2.24, 2.45) is 5.73 Å². The molecule has 2 N–H and O–H groups in total. The van der Waals surface area contributed by atoms with Gasteiger partial charge in [-0.3, -0.25) is 4.98 Å². The number of aromatic nitrogens is 2. The topological polar surface area (TPSA) is 64.9 Å². The molecule has 1 aromatic carbocycles. The van der Waals surface area contributed by atoms with E-state index in [0.29, 0.717) is 11.8 Å². The number of benzene rings is 1. The summed E-state index contributed by atoms with van der Waals surface area (Å²) >= 11 is 1.56. The fraction of sp³-hybridized carbons (Fsp3) is 0.143. The summed E-state index contributed by atoms with van der Waals surface area (Å²) in [6.07, 6.45) is 1.76. The van der Waals surface area contributed by atoms with Crippen LogP contribution in [0.2, 0.25) is 0 Å². The van der Waals surface area contributed by atoms with Crippen LogP contribution in [0.1, 0.15) is 11.3 Å². The number of thioether (sulfide) groups is 1. The van der Waals surface area contributed by atoms with Crippen molar-refractivity contribution in [1.82, 2.24) is 9.97 Å². The maximum Gasteiger partial charge on any atom is 0.257 e. The largest absolute Gasteiger partial charge is 0.431 e. The van der Waals surface area contributed by atoms with Crippen LogP contribution >= 0.6 is 11.8 Å². The standard InChI is InChI=1S/C14H13N3OS/c15-8-12-10(4-3-7-16-12)9-19-14-17-11-5-1-2-6-13(11)18-14/h1-7H,8-9,15H2. The lowest BCUT2D eigenvalue weighted by atomic mass is 10.2. The highest BCUT2D eigenvalue weighted by atomic mass is 32.2. The average Bonchev–Trinajstić information content (AvgIpc) is 2.88. The third kappa shape index (κ3) is 2.62. The number of nitrogens with zero attached hydrogens (tertiary/aromatic N) is 2. The van der Waals surface area contributed by atoms with Gasteiger partial charge in [0, 0.05) is 18.5 Å². The maximum atomic E-state index is 5.67. The van der Waals surface area contributed by atoms with Crippen LogP contribution in [-0.2, 0) is 12.3 Å². The molecule has 4 nitrogen and oxygen atoms in total. The number of rotatable bonds is 4. The zero-order chi connectivity index (χ0) is 13.1. The Morgan fingerprint density at radius 3 is 2.89 bits per heavy atom. The molecule has 0 atom stereocenters. The molecule has 3 aromatic rings. The molecule has 0 aliphatic rings. The Morgan fingerprint density at radius 1 is 1.16 bits per heavy atom. The summed E-state index contributed by atoms with van der Waals surface area (Å²) in [5.41, 5.74) is 9.41. The van der Waals surface area contributed by atoms with E-state index in [-0.39, 0.29) is 0 Å². The highest BCUT2D eigenvalue weighted by Crippen LogP contribution is 2.26. The van der Waals surface area contributed by atoms with E-state index in [2.05, 4.69) is 9.97 Å². The van der Waals surface area contributed by atoms with Gasteiger partial charge >= 0.3 is 0 Å². The highest BCUT2D eigenvalue weighted by molar-refractivity contribution is 7.98. The Kier molecular flexibility index (Phi) is 3.48. The van der Waals surface area contributed by atoms with E-state index in [1.165, 1.54) is 0 Å². The molecule has 0 bridgehead atoms. The Balaban J connectivity index is 1.78. The van der Waals surface area contributed by atoms with E-state index < -0.39 is 0 Å². The van der Waals surface area contributed by atoms with Gasteiger partial charge in [0.2, 0.25) is 0 Å². The Morgan fingerprint density at radius 2 is 2.05 bits per heavy atom. The first-order valence-electron chi connectivity index (χ1n) is 5.98. The van der Waals surface area contributed by atoms with E-state index in [1.807, 2.05) is 36.4 Å². The Labute approximate surface area is 115 Å². The van der Waals surface area contributed by atoms with Crippen molar-refractivity contribution in [3.8, 4) is 0 Å². The molecule has 96 valence electrons. The van der Waals surface area contributed by atoms with Crippen LogP contribution in [0, 0.1) is 0 Å². The lowest BCUT2D eigenvalue weighted by molar-refractivity contribution is 0.489. The lowest BCUT2D eigenvalue weighted by Crippen LogP contribution is -2.03. The summed E-state index contributed by atoms with van der Waals surface area (Å²) in [7, 11) is 0. The fourth-order valence-corrected chi connectivity index (χ4v) is 2.69. The molecule has 0 radical (unpaired) electrons. The van der Waals surface area contributed by atoms with Crippen molar-refractivity contribution >= 4 is 22.9 Å². The van der Waals surface area contributed by atoms with E-state index in [0.717, 1.165) is 28.1 Å². The minimum absolute atomic E-state index is 0.449. The lowest BCUT2D eigenvalue weighted by Gasteiger charge is -2.03. The second kappa shape index (κ2) is 5.42. The predicted molar refractivity (Wildman–Crippen MR) is 75.7 cm³/mol. The van der Waals surface area contributed by atoms with Crippen molar-refractivity contribution in [1.29, 1.82) is 0 Å². The van der Waals surface area contributed by atoms with Gasteiger partial charge in [0.1, 0.15) is 5.52 Å². The van der Waals surface area contributed by atoms with Crippen LogP contribution in [0.4, 0.5) is 0 Å². The van der Waals surface area contributed by atoms with E-state index >= 15 is 0 Å². The number of nitrogens with two attached hydrogens (primary N) is 1. The first kappa shape index (κ1) is 12.2. The molecule has 2 aromatic heterocycles. The second-order valence-electron chi connectivity index (χ2n) is 4.05. The number of hydrogen-bond acceptors (Lipinski definition) is 5. The van der Waals surface area contributed by atoms with Crippen LogP contribution in [0.25, 0.3) is 11.1 Å². The van der Waals surface area contributed by atoms with Gasteiger partial charge in [-0.05, 0) is 23.8 Å². The van der Waals surface area contributed by atoms with Gasteiger partial charge in [-0.15, -0.1) is 0 Å². The Bertz CT molecular complexity index is 663. The number of pyridine rings is 1. The Hall–Kier alpha value is -1.85. The van der Waals surface area contributed by atoms with Crippen molar-refractivity contribution in [2.75, 3.05) is 0 Å². The summed E-state index contributed by atoms with van der Waals surface area (Å²) in [5, 5.41) is 0.674. The molecule has 0 saturated carbocycles. The van der Waals surface area contributed by atoms with Crippen LogP contribution in [-0.4, -0.2) is 9.97 Å². The molecular formula is C14H13N3OS. The van der Waals surface area contributed by atoms with Gasteiger partial charge in [-0.1, -0.05) is 30.0 Å². The van der Waals surface area contributed by atoms with Gasteiger partial charge in [-0.2, -0.15) is 0 Å². The van der Waals surface area contributed by atoms with Crippen LogP contribution in [0.3, 0.4) is 0 Å². The number of oxazole rings is 1. The van der Waals surface area contributed by atoms with Crippen molar-refractivity contribution in [3.63, 3.8) is 0 Å². The van der Waals surface area contributed by atoms with Gasteiger partial charge in [-0.25, -0.2) is 4.98 Å². The molecule has 2 heterocycles. The third-order valence-corrected chi connectivity index (χ3v) is 3.68.